The predicted molar refractivity (Wildman–Crippen MR) is 68.9 cm³/mol. The van der Waals surface area contributed by atoms with Gasteiger partial charge in [-0.15, -0.1) is 11.3 Å². The molecular weight excluding hydrogens is 276 g/mol. The number of hydrogen-bond donors (Lipinski definition) is 0. The summed E-state index contributed by atoms with van der Waals surface area (Å²) in [4.78, 5) is 17.3. The van der Waals surface area contributed by atoms with E-state index in [1.165, 1.54) is 18.4 Å². The Kier molecular flexibility index (Phi) is 3.58. The molecule has 1 atom stereocenters. The molecule has 0 aromatic carbocycles. The highest BCUT2D eigenvalue weighted by molar-refractivity contribution is 7.91. The van der Waals surface area contributed by atoms with Crippen LogP contribution in [0, 0.1) is 0 Å². The number of sulfone groups is 1. The molecule has 0 amide bonds. The number of rotatable bonds is 3. The number of hydrogen-bond acceptors (Lipinski definition) is 7. The third-order valence-corrected chi connectivity index (χ3v) is 5.63. The van der Waals surface area contributed by atoms with Crippen LogP contribution in [0.2, 0.25) is 0 Å². The topological polar surface area (TPSA) is 76.6 Å². The lowest BCUT2D eigenvalue weighted by Crippen LogP contribution is -2.32. The minimum Gasteiger partial charge on any atom is -0.464 e. The zero-order chi connectivity index (χ0) is 13.3. The Morgan fingerprint density at radius 2 is 2.33 bits per heavy atom. The van der Waals surface area contributed by atoms with Crippen molar-refractivity contribution in [2.45, 2.75) is 12.5 Å². The maximum atomic E-state index is 11.4. The van der Waals surface area contributed by atoms with Crippen LogP contribution in [0.4, 0.5) is 5.13 Å². The lowest BCUT2D eigenvalue weighted by molar-refractivity contribution is 0.0595. The van der Waals surface area contributed by atoms with Crippen LogP contribution >= 0.6 is 11.3 Å². The standard InChI is InChI=1S/C10H14N2O4S2/c1-12(7-3-4-18(14,15)6-7)10-11-8(5-17-10)9(13)16-2/h5,7H,3-4,6H2,1-2H3. The molecule has 8 heteroatoms. The van der Waals surface area contributed by atoms with Crippen LogP contribution in [-0.4, -0.2) is 51.1 Å². The first-order chi connectivity index (χ1) is 8.43. The summed E-state index contributed by atoms with van der Waals surface area (Å²) in [5.41, 5.74) is 0.255. The SMILES string of the molecule is COC(=O)c1csc(N(C)C2CCS(=O)(=O)C2)n1. The van der Waals surface area contributed by atoms with Gasteiger partial charge in [0.1, 0.15) is 0 Å². The van der Waals surface area contributed by atoms with Gasteiger partial charge < -0.3 is 9.64 Å². The molecule has 1 aromatic rings. The van der Waals surface area contributed by atoms with E-state index >= 15 is 0 Å². The Hall–Kier alpha value is -1.15. The maximum absolute atomic E-state index is 11.4. The molecule has 1 aliphatic rings. The monoisotopic (exact) mass is 290 g/mol. The van der Waals surface area contributed by atoms with Crippen LogP contribution in [0.25, 0.3) is 0 Å². The molecule has 0 aliphatic carbocycles. The van der Waals surface area contributed by atoms with Crippen LogP contribution in [0.5, 0.6) is 0 Å². The van der Waals surface area contributed by atoms with Gasteiger partial charge in [0.15, 0.2) is 20.7 Å². The number of carbonyl (C=O) groups is 1. The van der Waals surface area contributed by atoms with Crippen LogP contribution in [0.15, 0.2) is 5.38 Å². The quantitative estimate of drug-likeness (QED) is 0.757. The van der Waals surface area contributed by atoms with Crippen molar-refractivity contribution >= 4 is 32.3 Å². The van der Waals surface area contributed by atoms with Crippen LogP contribution < -0.4 is 4.90 Å². The molecule has 2 heterocycles. The van der Waals surface area contributed by atoms with Gasteiger partial charge in [-0.3, -0.25) is 0 Å². The van der Waals surface area contributed by atoms with E-state index in [9.17, 15) is 13.2 Å². The van der Waals surface area contributed by atoms with Gasteiger partial charge in [0.25, 0.3) is 0 Å². The van der Waals surface area contributed by atoms with Gasteiger partial charge in [-0.05, 0) is 6.42 Å². The molecule has 0 bridgehead atoms. The Morgan fingerprint density at radius 1 is 1.61 bits per heavy atom. The van der Waals surface area contributed by atoms with E-state index in [0.29, 0.717) is 11.6 Å². The van der Waals surface area contributed by atoms with Crippen LogP contribution in [0.1, 0.15) is 16.9 Å². The highest BCUT2D eigenvalue weighted by Crippen LogP contribution is 2.26. The highest BCUT2D eigenvalue weighted by Gasteiger charge is 2.32. The maximum Gasteiger partial charge on any atom is 0.357 e. The first kappa shape index (κ1) is 13.3. The zero-order valence-corrected chi connectivity index (χ0v) is 11.8. The summed E-state index contributed by atoms with van der Waals surface area (Å²) in [7, 11) is 0.178. The molecule has 0 spiro atoms. The second-order valence-electron chi connectivity index (χ2n) is 4.17. The third-order valence-electron chi connectivity index (χ3n) is 2.94. The average molecular weight is 290 g/mol. The average Bonchev–Trinajstić information content (AvgIpc) is 2.93. The van der Waals surface area contributed by atoms with Crippen LogP contribution in [-0.2, 0) is 14.6 Å². The molecule has 1 unspecified atom stereocenters. The number of anilines is 1. The first-order valence-corrected chi connectivity index (χ1v) is 8.10. The Balaban J connectivity index is 2.12. The predicted octanol–water partition coefficient (Wildman–Crippen LogP) is 0.553. The summed E-state index contributed by atoms with van der Waals surface area (Å²) in [5.74, 6) is -0.113. The molecule has 0 N–H and O–H groups in total. The highest BCUT2D eigenvalue weighted by atomic mass is 32.2. The van der Waals surface area contributed by atoms with E-state index in [-0.39, 0.29) is 23.2 Å². The van der Waals surface area contributed by atoms with Gasteiger partial charge >= 0.3 is 5.97 Å². The van der Waals surface area contributed by atoms with Gasteiger partial charge in [0, 0.05) is 18.5 Å². The van der Waals surface area contributed by atoms with E-state index < -0.39 is 15.8 Å². The van der Waals surface area contributed by atoms with Crippen molar-refractivity contribution in [2.75, 3.05) is 30.6 Å². The second-order valence-corrected chi connectivity index (χ2v) is 7.24. The fourth-order valence-corrected chi connectivity index (χ4v) is 4.47. The molecule has 0 radical (unpaired) electrons. The number of esters is 1. The first-order valence-electron chi connectivity index (χ1n) is 5.40. The number of methoxy groups -OCH3 is 1. The van der Waals surface area contributed by atoms with Gasteiger partial charge in [0.2, 0.25) is 0 Å². The van der Waals surface area contributed by atoms with Gasteiger partial charge in [-0.1, -0.05) is 0 Å². The van der Waals surface area contributed by atoms with Crippen molar-refractivity contribution in [3.05, 3.63) is 11.1 Å². The second kappa shape index (κ2) is 4.85. The molecule has 18 heavy (non-hydrogen) atoms. The van der Waals surface area contributed by atoms with Crippen molar-refractivity contribution in [1.82, 2.24) is 4.98 Å². The smallest absolute Gasteiger partial charge is 0.357 e. The van der Waals surface area contributed by atoms with Crippen LogP contribution in [0.3, 0.4) is 0 Å². The Bertz CT molecular complexity index is 552. The summed E-state index contributed by atoms with van der Waals surface area (Å²) < 4.78 is 27.4. The normalized spacial score (nSPS) is 21.8. The molecule has 6 nitrogen and oxygen atoms in total. The summed E-state index contributed by atoms with van der Waals surface area (Å²) in [6.45, 7) is 0. The Labute approximate surface area is 110 Å². The molecule has 1 fully saturated rings. The summed E-state index contributed by atoms with van der Waals surface area (Å²) in [6, 6.07) is -0.0633. The zero-order valence-electron chi connectivity index (χ0n) is 10.1. The van der Waals surface area contributed by atoms with Crippen molar-refractivity contribution < 1.29 is 17.9 Å². The third kappa shape index (κ3) is 2.64. The summed E-state index contributed by atoms with van der Waals surface area (Å²) in [6.07, 6.45) is 0.603. The van der Waals surface area contributed by atoms with E-state index in [4.69, 9.17) is 0 Å². The van der Waals surface area contributed by atoms with Gasteiger partial charge in [0.05, 0.1) is 18.6 Å². The number of nitrogens with zero attached hydrogens (tertiary/aromatic N) is 2. The van der Waals surface area contributed by atoms with E-state index in [1.54, 1.807) is 12.4 Å². The number of carbonyl (C=O) groups excluding carboxylic acids is 1. The molecule has 100 valence electrons. The van der Waals surface area contributed by atoms with Crippen molar-refractivity contribution in [3.63, 3.8) is 0 Å². The number of aromatic nitrogens is 1. The fraction of sp³-hybridized carbons (Fsp3) is 0.600. The minimum absolute atomic E-state index is 0.0633. The largest absolute Gasteiger partial charge is 0.464 e. The van der Waals surface area contributed by atoms with Crippen molar-refractivity contribution in [1.29, 1.82) is 0 Å². The molecule has 2 rings (SSSR count). The molecule has 1 saturated heterocycles. The lowest BCUT2D eigenvalue weighted by Gasteiger charge is -2.22. The van der Waals surface area contributed by atoms with Crippen molar-refractivity contribution in [2.24, 2.45) is 0 Å². The van der Waals surface area contributed by atoms with E-state index in [2.05, 4.69) is 9.72 Å². The summed E-state index contributed by atoms with van der Waals surface area (Å²) >= 11 is 1.31. The fourth-order valence-electron chi connectivity index (χ4n) is 1.86. The molecule has 1 aliphatic heterocycles. The number of ether oxygens (including phenoxy) is 1. The number of thiazole rings is 1. The molecular formula is C10H14N2O4S2. The van der Waals surface area contributed by atoms with Crippen molar-refractivity contribution in [3.8, 4) is 0 Å². The van der Waals surface area contributed by atoms with Gasteiger partial charge in [-0.2, -0.15) is 0 Å². The van der Waals surface area contributed by atoms with E-state index in [1.807, 2.05) is 4.90 Å². The molecule has 1 aromatic heterocycles. The summed E-state index contributed by atoms with van der Waals surface area (Å²) in [5, 5.41) is 2.25. The van der Waals surface area contributed by atoms with E-state index in [0.717, 1.165) is 0 Å². The molecule has 0 saturated carbocycles. The Morgan fingerprint density at radius 3 is 2.89 bits per heavy atom. The van der Waals surface area contributed by atoms with Gasteiger partial charge in [-0.25, -0.2) is 18.2 Å². The minimum atomic E-state index is -2.92. The lowest BCUT2D eigenvalue weighted by atomic mass is 10.2.